The molecule has 3 aromatic rings. The molecule has 0 aliphatic heterocycles. The van der Waals surface area contributed by atoms with Gasteiger partial charge in [0.1, 0.15) is 22.0 Å². The average molecular weight is 2630 g/mol. The zero-order chi connectivity index (χ0) is 61.8. The molecule has 0 fully saturated rings. The van der Waals surface area contributed by atoms with Crippen molar-refractivity contribution in [2.75, 3.05) is 26.2 Å². The van der Waals surface area contributed by atoms with Crippen LogP contribution in [0.3, 0.4) is 0 Å². The quantitative estimate of drug-likeness (QED) is 0.0591. The van der Waals surface area contributed by atoms with Crippen molar-refractivity contribution in [1.29, 1.82) is 0 Å². The van der Waals surface area contributed by atoms with Crippen molar-refractivity contribution in [2.24, 2.45) is 11.3 Å². The number of ether oxygens (including phenoxy) is 1. The van der Waals surface area contributed by atoms with Crippen LogP contribution in [-0.4, -0.2) is 79.0 Å². The van der Waals surface area contributed by atoms with E-state index in [1.165, 1.54) is 19.6 Å². The second-order valence-corrected chi connectivity index (χ2v) is 235. The normalized spacial score (nSPS) is 12.1. The number of nitrogens with zero attached hydrogens (tertiary/aromatic N) is 1. The number of rotatable bonds is 14. The van der Waals surface area contributed by atoms with Crippen LogP contribution in [0.4, 0.5) is 0 Å². The Kier molecular flexibility index (Phi) is 52.6. The number of aryl methyl sites for hydroxylation is 9. The number of hydroxylamine groups is 1. The predicted molar refractivity (Wildman–Crippen MR) is 423 cm³/mol. The summed E-state index contributed by atoms with van der Waals surface area (Å²) >= 11 is 22.0. The summed E-state index contributed by atoms with van der Waals surface area (Å²) in [5.41, 5.74) is 8.20. The third-order valence-electron chi connectivity index (χ3n) is 8.74. The van der Waals surface area contributed by atoms with Crippen LogP contribution in [-0.2, 0) is 52.2 Å². The van der Waals surface area contributed by atoms with E-state index in [1.54, 1.807) is 86.6 Å². The zero-order valence-electron chi connectivity index (χ0n) is 46.0. The monoisotopic (exact) mass is 2630 g/mol. The third-order valence-corrected chi connectivity index (χ3v) is 426. The molecule has 15 nitrogen and oxygen atoms in total. The van der Waals surface area contributed by atoms with Gasteiger partial charge in [0.15, 0.2) is 0 Å². The van der Waals surface area contributed by atoms with Crippen molar-refractivity contribution < 1.29 is 66.5 Å². The first kappa shape index (κ1) is 89.5. The van der Waals surface area contributed by atoms with Crippen LogP contribution in [0.15, 0.2) is 51.1 Å². The molecular weight excluding hydrogens is 2560 g/mol. The molecule has 0 heterocycles. The fraction of sp³-hybridized carbons (Fsp3) is 0.556. The second kappa shape index (κ2) is 45.3. The Morgan fingerprint density at radius 1 is 0.623 bits per heavy atom. The summed E-state index contributed by atoms with van der Waals surface area (Å²) in [5.74, 6) is 3.68. The van der Waals surface area contributed by atoms with Crippen molar-refractivity contribution in [1.82, 2.24) is 10.4 Å². The average Bonchev–Trinajstić information content (AvgIpc) is 3.24. The van der Waals surface area contributed by atoms with Crippen LogP contribution in [0, 0.1) is 67.7 Å². The van der Waals surface area contributed by atoms with Gasteiger partial charge in [-0.3, -0.25) is 4.79 Å². The van der Waals surface area contributed by atoms with E-state index >= 15 is 0 Å². The van der Waals surface area contributed by atoms with Gasteiger partial charge in [-0.2, -0.15) is 27.0 Å². The predicted octanol–water partition coefficient (Wildman–Crippen LogP) is 15.8. The van der Waals surface area contributed by atoms with Crippen LogP contribution in [0.25, 0.3) is 0 Å². The standard InChI is InChI=1S/C15H23NO4S.C9H11ClO2S.C9H13NO3S.C6H15N.C6H12O3.I7.I6/c1-10-7-11(2)14(12(3)8-10)21(18,19)20-16-13(17)9-15(4,5)6;1-6-4-7(2)9(8(3)5-6)13(10,11)12;1-6-4-7(2)9(8(3)5-6)14(11,12)13-10;1-4-7(5-2)6-3;1-6(2,3)9-5(8)4-7;1-5-7(4)6(2)3;1-5(2)6(3)4/h7-8H,9H2,1-6H3,(H,16,17);4-5H,1-3H3;4-5H,10H2,1-3H3;4-6H2,1-3H3;7H,4H2,1-3H3;;/q;;;;;-1;. The summed E-state index contributed by atoms with van der Waals surface area (Å²) < 4.78 is 82.9. The van der Waals surface area contributed by atoms with E-state index in [-0.39, 0.29) is 58.1 Å². The number of hydrogen-bond donors (Lipinski definition) is 3. The summed E-state index contributed by atoms with van der Waals surface area (Å²) in [6.07, 6.45) is 0.175. The van der Waals surface area contributed by atoms with Gasteiger partial charge in [0.2, 0.25) is 5.91 Å². The Labute approximate surface area is 571 Å². The molecule has 0 aliphatic rings. The maximum atomic E-state index is 12.2. The number of amides is 1. The molecule has 77 heavy (non-hydrogen) atoms. The van der Waals surface area contributed by atoms with E-state index in [9.17, 15) is 34.8 Å². The van der Waals surface area contributed by atoms with E-state index in [4.69, 9.17) is 30.7 Å². The summed E-state index contributed by atoms with van der Waals surface area (Å²) in [5, 5.41) is 8.22. The number of aliphatic hydroxyl groups is 1. The molecule has 0 radical (unpaired) electrons. The number of nitrogens with one attached hydrogen (secondary N) is 1. The fourth-order valence-corrected chi connectivity index (χ4v) is 220. The van der Waals surface area contributed by atoms with E-state index in [0.29, 0.717) is 46.6 Å². The first-order valence-corrected chi connectivity index (χ1v) is 96.4. The molecule has 0 saturated carbocycles. The molecule has 3 aromatic carbocycles. The molecule has 4 N–H and O–H groups in total. The molecule has 458 valence electrons. The van der Waals surface area contributed by atoms with Crippen molar-refractivity contribution in [3.05, 3.63) is 86.5 Å². The van der Waals surface area contributed by atoms with Gasteiger partial charge >= 0.3 is 220 Å². The maximum absolute atomic E-state index is 12.2. The van der Waals surface area contributed by atoms with Gasteiger partial charge < -0.3 is 14.7 Å². The van der Waals surface area contributed by atoms with Gasteiger partial charge in [-0.15, -0.1) is 4.28 Å². The SMILES string of the molecule is CC(C)(C)OC(=O)CO.CCN(CC)CC.Cc1cc(C)c(S(=O)(=O)Cl)c(C)c1.Cc1cc(C)c(S(=O)(=O)ON)c(C)c1.Cc1cc(C)c(S(=O)(=O)ONC(=O)CC(C)(C)C)c(C)c1.II(I)I(I)I.I[I-]I(I)I(I)I. The summed E-state index contributed by atoms with van der Waals surface area (Å²) in [6, 6.07) is 10.7. The second-order valence-electron chi connectivity index (χ2n) is 18.0. The van der Waals surface area contributed by atoms with E-state index in [2.05, 4.69) is 179 Å². The number of halogens is 14. The topological polar surface area (TPSA) is 226 Å². The minimum atomic E-state index is -4.02. The number of carbonyl (C=O) groups excluding carboxylic acids is 2. The van der Waals surface area contributed by atoms with E-state index in [0.717, 1.165) is 16.7 Å². The molecule has 0 unspecified atom stereocenters. The van der Waals surface area contributed by atoms with Gasteiger partial charge in [0, 0.05) is 17.1 Å². The minimum absolute atomic E-state index is 0.101. The molecule has 0 saturated heterocycles. The summed E-state index contributed by atoms with van der Waals surface area (Å²) in [6.45, 7) is 36.5. The van der Waals surface area contributed by atoms with Crippen LogP contribution >= 0.6 is 191 Å². The number of hydrogen-bond acceptors (Lipinski definition) is 14. The molecule has 0 aromatic heterocycles. The van der Waals surface area contributed by atoms with Crippen molar-refractivity contribution in [2.45, 2.75) is 151 Å². The van der Waals surface area contributed by atoms with E-state index < -0.39 is 53.4 Å². The van der Waals surface area contributed by atoms with Crippen LogP contribution < -0.4 is 24.6 Å². The molecule has 3 rings (SSSR count). The van der Waals surface area contributed by atoms with E-state index in [1.807, 2.05) is 59.2 Å². The number of aliphatic hydroxyl groups excluding tert-OH is 1. The van der Waals surface area contributed by atoms with Crippen LogP contribution in [0.2, 0.25) is 0 Å². The molecule has 1 amide bonds. The number of esters is 1. The molecule has 0 spiro atoms. The Morgan fingerprint density at radius 2 is 0.935 bits per heavy atom. The zero-order valence-corrected chi connectivity index (χ0v) is 77.2. The molecule has 32 heteroatoms. The van der Waals surface area contributed by atoms with Crippen molar-refractivity contribution in [3.8, 4) is 0 Å². The van der Waals surface area contributed by atoms with Gasteiger partial charge in [-0.1, -0.05) is 94.6 Å². The van der Waals surface area contributed by atoms with Gasteiger partial charge in [-0.25, -0.2) is 18.7 Å². The third kappa shape index (κ3) is 44.2. The Hall–Kier alpha value is 6.03. The number of nitrogens with two attached hydrogens (primary N) is 1. The van der Waals surface area contributed by atoms with Gasteiger partial charge in [0.05, 0.1) is 4.90 Å². The van der Waals surface area contributed by atoms with Crippen molar-refractivity contribution in [3.63, 3.8) is 0 Å². The molecular formula is C45H74ClI13N3O12S3-. The first-order valence-electron chi connectivity index (χ1n) is 22.1. The molecule has 0 atom stereocenters. The van der Waals surface area contributed by atoms with Crippen LogP contribution in [0.5, 0.6) is 0 Å². The Balaban J connectivity index is -0.000000423. The first-order chi connectivity index (χ1) is 34.7. The molecule has 0 aliphatic carbocycles. The number of benzene rings is 3. The Bertz CT molecular complexity index is 2520. The van der Waals surface area contributed by atoms with Gasteiger partial charge in [-0.05, 0) is 142 Å². The van der Waals surface area contributed by atoms with Crippen molar-refractivity contribution >= 4 is 232 Å². The summed E-state index contributed by atoms with van der Waals surface area (Å²) in [7, 11) is -7.25. The molecule has 0 bridgehead atoms. The fourth-order valence-electron chi connectivity index (χ4n) is 6.44. The van der Waals surface area contributed by atoms with Crippen LogP contribution in [0.1, 0.15) is 119 Å². The summed E-state index contributed by atoms with van der Waals surface area (Å²) in [4.78, 5) is 24.9. The Morgan fingerprint density at radius 3 is 1.12 bits per heavy atom. The number of carbonyl (C=O) groups is 2. The van der Waals surface area contributed by atoms with Gasteiger partial charge in [0.25, 0.3) is 9.05 Å².